The van der Waals surface area contributed by atoms with Crippen molar-refractivity contribution in [2.24, 2.45) is 0 Å². The van der Waals surface area contributed by atoms with E-state index in [1.54, 1.807) is 18.2 Å². The summed E-state index contributed by atoms with van der Waals surface area (Å²) in [7, 11) is 0. The number of amides is 3. The number of carbonyl (C=O) groups is 3. The number of hydrogen-bond acceptors (Lipinski definition) is 5. The molecule has 2 aromatic carbocycles. The van der Waals surface area contributed by atoms with E-state index < -0.39 is 18.0 Å². The van der Waals surface area contributed by atoms with Crippen LogP contribution in [0.3, 0.4) is 0 Å². The fourth-order valence-electron chi connectivity index (χ4n) is 3.89. The third-order valence-corrected chi connectivity index (χ3v) is 5.63. The van der Waals surface area contributed by atoms with E-state index in [9.17, 15) is 19.5 Å². The molecule has 1 atom stereocenters. The Hall–Kier alpha value is -3.98. The maximum Gasteiger partial charge on any atom is 0.407 e. The average molecular weight is 448 g/mol. The lowest BCUT2D eigenvalue weighted by molar-refractivity contribution is 0.000648. The van der Waals surface area contributed by atoms with Gasteiger partial charge >= 0.3 is 6.09 Å². The van der Waals surface area contributed by atoms with Gasteiger partial charge in [0.15, 0.2) is 5.69 Å². The highest BCUT2D eigenvalue weighted by atomic mass is 16.5. The van der Waals surface area contributed by atoms with Gasteiger partial charge in [0.25, 0.3) is 11.8 Å². The summed E-state index contributed by atoms with van der Waals surface area (Å²) in [4.78, 5) is 42.7. The summed E-state index contributed by atoms with van der Waals surface area (Å²) in [5, 5.41) is 16.6. The Kier molecular flexibility index (Phi) is 6.50. The minimum Gasteiger partial charge on any atom is -0.465 e. The van der Waals surface area contributed by atoms with E-state index in [-0.39, 0.29) is 37.0 Å². The summed E-state index contributed by atoms with van der Waals surface area (Å²) < 4.78 is 5.34. The molecular formula is C24H24N4O5. The number of morpholine rings is 1. The molecule has 0 spiro atoms. The molecule has 9 nitrogen and oxygen atoms in total. The van der Waals surface area contributed by atoms with Gasteiger partial charge in [-0.25, -0.2) is 9.78 Å². The number of carboxylic acid groups (broad SMARTS) is 1. The number of aromatic nitrogens is 1. The zero-order chi connectivity index (χ0) is 23.4. The third kappa shape index (κ3) is 4.78. The van der Waals surface area contributed by atoms with Crippen LogP contribution in [0.1, 0.15) is 26.4 Å². The van der Waals surface area contributed by atoms with Crippen LogP contribution >= 0.6 is 0 Å². The molecule has 1 saturated heterocycles. The lowest BCUT2D eigenvalue weighted by Gasteiger charge is -2.33. The number of ether oxygens (including phenoxy) is 1. The van der Waals surface area contributed by atoms with Gasteiger partial charge in [-0.15, -0.1) is 0 Å². The van der Waals surface area contributed by atoms with Crippen molar-refractivity contribution in [2.45, 2.75) is 13.0 Å². The monoisotopic (exact) mass is 448 g/mol. The lowest BCUT2D eigenvalue weighted by atomic mass is 10.00. The third-order valence-electron chi connectivity index (χ3n) is 5.63. The molecule has 3 N–H and O–H groups in total. The second-order valence-electron chi connectivity index (χ2n) is 7.74. The first-order valence-corrected chi connectivity index (χ1v) is 10.6. The van der Waals surface area contributed by atoms with Gasteiger partial charge in [-0.2, -0.15) is 0 Å². The van der Waals surface area contributed by atoms with E-state index in [2.05, 4.69) is 15.6 Å². The molecule has 1 aliphatic heterocycles. The predicted molar refractivity (Wildman–Crippen MR) is 123 cm³/mol. The van der Waals surface area contributed by atoms with E-state index in [0.29, 0.717) is 12.2 Å². The Labute approximate surface area is 190 Å². The molecule has 0 bridgehead atoms. The van der Waals surface area contributed by atoms with Crippen LogP contribution in [0.25, 0.3) is 10.8 Å². The highest BCUT2D eigenvalue weighted by Crippen LogP contribution is 2.24. The largest absolute Gasteiger partial charge is 0.465 e. The molecule has 9 heteroatoms. The summed E-state index contributed by atoms with van der Waals surface area (Å²) >= 11 is 0. The van der Waals surface area contributed by atoms with Crippen molar-refractivity contribution in [3.8, 4) is 0 Å². The number of rotatable bonds is 5. The van der Waals surface area contributed by atoms with Gasteiger partial charge < -0.3 is 20.5 Å². The maximum atomic E-state index is 13.1. The molecule has 1 aromatic heterocycles. The smallest absolute Gasteiger partial charge is 0.407 e. The molecule has 0 saturated carbocycles. The SMILES string of the molecule is Cc1ccc(C(=O)Nc2cccnc2C(=O)NCC2COCCN2C(=O)O)c2ccccc12. The Morgan fingerprint density at radius 1 is 1.09 bits per heavy atom. The summed E-state index contributed by atoms with van der Waals surface area (Å²) in [6, 6.07) is 14.0. The number of pyridine rings is 1. The average Bonchev–Trinajstić information content (AvgIpc) is 2.83. The minimum atomic E-state index is -1.06. The van der Waals surface area contributed by atoms with Crippen molar-refractivity contribution in [1.82, 2.24) is 15.2 Å². The van der Waals surface area contributed by atoms with E-state index in [1.165, 1.54) is 11.1 Å². The number of nitrogens with zero attached hydrogens (tertiary/aromatic N) is 2. The second-order valence-corrected chi connectivity index (χ2v) is 7.74. The van der Waals surface area contributed by atoms with Crippen LogP contribution in [0.5, 0.6) is 0 Å². The first-order chi connectivity index (χ1) is 16.0. The van der Waals surface area contributed by atoms with E-state index in [0.717, 1.165) is 16.3 Å². The van der Waals surface area contributed by atoms with Gasteiger partial charge in [-0.3, -0.25) is 14.5 Å². The topological polar surface area (TPSA) is 121 Å². The van der Waals surface area contributed by atoms with Crippen LogP contribution in [0.4, 0.5) is 10.5 Å². The van der Waals surface area contributed by atoms with Gasteiger partial charge in [0, 0.05) is 24.8 Å². The van der Waals surface area contributed by atoms with Crippen LogP contribution in [-0.4, -0.2) is 65.2 Å². The summed E-state index contributed by atoms with van der Waals surface area (Å²) in [5.41, 5.74) is 1.86. The number of anilines is 1. The minimum absolute atomic E-state index is 0.0425. The van der Waals surface area contributed by atoms with Gasteiger partial charge in [0.1, 0.15) is 0 Å². The molecule has 1 unspecified atom stereocenters. The van der Waals surface area contributed by atoms with Crippen LogP contribution in [0, 0.1) is 6.92 Å². The molecule has 0 aliphatic carbocycles. The van der Waals surface area contributed by atoms with Crippen LogP contribution in [-0.2, 0) is 4.74 Å². The van der Waals surface area contributed by atoms with Crippen LogP contribution in [0.2, 0.25) is 0 Å². The van der Waals surface area contributed by atoms with Crippen molar-refractivity contribution in [3.63, 3.8) is 0 Å². The number of aryl methyl sites for hydroxylation is 1. The normalized spacial score (nSPS) is 15.8. The van der Waals surface area contributed by atoms with Crippen LogP contribution in [0.15, 0.2) is 54.7 Å². The first kappa shape index (κ1) is 22.2. The Morgan fingerprint density at radius 2 is 1.88 bits per heavy atom. The van der Waals surface area contributed by atoms with E-state index in [1.807, 2.05) is 37.3 Å². The quantitative estimate of drug-likeness (QED) is 0.552. The van der Waals surface area contributed by atoms with Gasteiger partial charge in [-0.1, -0.05) is 30.3 Å². The highest BCUT2D eigenvalue weighted by molar-refractivity contribution is 6.15. The molecule has 1 fully saturated rings. The maximum absolute atomic E-state index is 13.1. The number of hydrogen-bond donors (Lipinski definition) is 3. The van der Waals surface area contributed by atoms with Gasteiger partial charge in [0.2, 0.25) is 0 Å². The van der Waals surface area contributed by atoms with Gasteiger partial charge in [-0.05, 0) is 41.5 Å². The number of nitrogens with one attached hydrogen (secondary N) is 2. The molecule has 2 heterocycles. The molecule has 170 valence electrons. The van der Waals surface area contributed by atoms with Crippen molar-refractivity contribution < 1.29 is 24.2 Å². The number of carbonyl (C=O) groups excluding carboxylic acids is 2. The number of benzene rings is 2. The fourth-order valence-corrected chi connectivity index (χ4v) is 3.89. The Balaban J connectivity index is 1.51. The molecule has 4 rings (SSSR count). The molecule has 3 amide bonds. The molecule has 3 aromatic rings. The van der Waals surface area contributed by atoms with Crippen molar-refractivity contribution >= 4 is 34.4 Å². The predicted octanol–water partition coefficient (Wildman–Crippen LogP) is 2.90. The zero-order valence-corrected chi connectivity index (χ0v) is 18.1. The van der Waals surface area contributed by atoms with E-state index in [4.69, 9.17) is 4.74 Å². The Bertz CT molecular complexity index is 1210. The van der Waals surface area contributed by atoms with E-state index >= 15 is 0 Å². The van der Waals surface area contributed by atoms with Crippen molar-refractivity contribution in [3.05, 3.63) is 71.5 Å². The first-order valence-electron chi connectivity index (χ1n) is 10.6. The molecular weight excluding hydrogens is 424 g/mol. The summed E-state index contributed by atoms with van der Waals surface area (Å²) in [5.74, 6) is -0.874. The fraction of sp³-hybridized carbons (Fsp3) is 0.250. The lowest BCUT2D eigenvalue weighted by Crippen LogP contribution is -2.53. The van der Waals surface area contributed by atoms with Crippen LogP contribution < -0.4 is 10.6 Å². The summed E-state index contributed by atoms with van der Waals surface area (Å²) in [6.07, 6.45) is 0.396. The molecule has 0 radical (unpaired) electrons. The molecule has 1 aliphatic rings. The van der Waals surface area contributed by atoms with Crippen molar-refractivity contribution in [2.75, 3.05) is 31.6 Å². The standard InChI is InChI=1S/C24H24N4O5/c1-15-8-9-19(18-6-3-2-5-17(15)18)22(29)27-20-7-4-10-25-21(20)23(30)26-13-16-14-33-12-11-28(16)24(31)32/h2-10,16H,11-14H2,1H3,(H,26,30)(H,27,29)(H,31,32). The zero-order valence-electron chi connectivity index (χ0n) is 18.1. The Morgan fingerprint density at radius 3 is 2.67 bits per heavy atom. The summed E-state index contributed by atoms with van der Waals surface area (Å²) in [6.45, 7) is 2.80. The van der Waals surface area contributed by atoms with Crippen molar-refractivity contribution in [1.29, 1.82) is 0 Å². The highest BCUT2D eigenvalue weighted by Gasteiger charge is 2.28. The second kappa shape index (κ2) is 9.66. The molecule has 33 heavy (non-hydrogen) atoms. The number of fused-ring (bicyclic) bond motifs is 1. The van der Waals surface area contributed by atoms with Gasteiger partial charge in [0.05, 0.1) is 24.9 Å².